The Morgan fingerprint density at radius 2 is 1.67 bits per heavy atom. The molecule has 6 heteroatoms. The normalized spacial score (nSPS) is 10.0. The highest BCUT2D eigenvalue weighted by Gasteiger charge is 2.11. The Labute approximate surface area is 122 Å². The number of rotatable bonds is 5. The quantitative estimate of drug-likeness (QED) is 0.822. The lowest BCUT2D eigenvalue weighted by molar-refractivity contribution is 0.1000. The van der Waals surface area contributed by atoms with Crippen molar-refractivity contribution in [3.8, 4) is 23.0 Å². The third kappa shape index (κ3) is 3.17. The summed E-state index contributed by atoms with van der Waals surface area (Å²) in [6, 6.07) is 9.75. The molecule has 110 valence electrons. The van der Waals surface area contributed by atoms with Crippen molar-refractivity contribution in [2.75, 3.05) is 20.0 Å². The molecule has 1 amide bonds. The van der Waals surface area contributed by atoms with Gasteiger partial charge in [0.15, 0.2) is 11.5 Å². The fourth-order valence-corrected chi connectivity index (χ4v) is 1.79. The monoisotopic (exact) mass is 288 g/mol. The average Bonchev–Trinajstić information content (AvgIpc) is 2.49. The van der Waals surface area contributed by atoms with Gasteiger partial charge < -0.3 is 25.7 Å². The topological polar surface area (TPSA) is 96.8 Å². The Bertz CT molecular complexity index is 671. The Morgan fingerprint density at radius 3 is 2.29 bits per heavy atom. The van der Waals surface area contributed by atoms with Crippen molar-refractivity contribution < 1.29 is 19.0 Å². The van der Waals surface area contributed by atoms with Crippen LogP contribution < -0.4 is 25.7 Å². The molecule has 0 aromatic heterocycles. The molecule has 0 heterocycles. The van der Waals surface area contributed by atoms with Crippen LogP contribution in [0.2, 0.25) is 0 Å². The molecule has 21 heavy (non-hydrogen) atoms. The van der Waals surface area contributed by atoms with Crippen molar-refractivity contribution in [1.82, 2.24) is 0 Å². The van der Waals surface area contributed by atoms with Crippen molar-refractivity contribution >= 4 is 11.6 Å². The maximum absolute atomic E-state index is 11.2. The van der Waals surface area contributed by atoms with E-state index in [0.29, 0.717) is 34.2 Å². The fourth-order valence-electron chi connectivity index (χ4n) is 1.79. The number of benzene rings is 2. The molecule has 0 bridgehead atoms. The van der Waals surface area contributed by atoms with Gasteiger partial charge in [-0.1, -0.05) is 0 Å². The van der Waals surface area contributed by atoms with Gasteiger partial charge in [0.25, 0.3) is 0 Å². The first kappa shape index (κ1) is 14.5. The van der Waals surface area contributed by atoms with Crippen LogP contribution in [0.15, 0.2) is 36.4 Å². The summed E-state index contributed by atoms with van der Waals surface area (Å²) in [5.74, 6) is 1.37. The van der Waals surface area contributed by atoms with Crippen molar-refractivity contribution in [1.29, 1.82) is 0 Å². The van der Waals surface area contributed by atoms with Gasteiger partial charge in [-0.2, -0.15) is 0 Å². The third-order valence-corrected chi connectivity index (χ3v) is 2.88. The van der Waals surface area contributed by atoms with Crippen molar-refractivity contribution in [2.45, 2.75) is 0 Å². The minimum Gasteiger partial charge on any atom is -0.494 e. The number of anilines is 1. The van der Waals surface area contributed by atoms with E-state index in [1.165, 1.54) is 20.3 Å². The zero-order valence-electron chi connectivity index (χ0n) is 11.8. The highest BCUT2D eigenvalue weighted by molar-refractivity contribution is 5.93. The molecule has 0 aliphatic carbocycles. The standard InChI is InChI=1S/C15H16N2O4/c1-19-13-8-10(4-5-11(13)16)21-12-6-3-9(15(17)18)7-14(12)20-2/h3-8H,16H2,1-2H3,(H2,17,18). The SMILES string of the molecule is COc1cc(Oc2ccc(C(N)=O)cc2OC)ccc1N. The van der Waals surface area contributed by atoms with Gasteiger partial charge in [0, 0.05) is 11.6 Å². The van der Waals surface area contributed by atoms with Gasteiger partial charge in [0.1, 0.15) is 11.5 Å². The van der Waals surface area contributed by atoms with Gasteiger partial charge in [-0.15, -0.1) is 0 Å². The molecule has 4 N–H and O–H groups in total. The number of nitrogen functional groups attached to an aromatic ring is 1. The lowest BCUT2D eigenvalue weighted by atomic mass is 10.2. The molecule has 0 saturated carbocycles. The van der Waals surface area contributed by atoms with Crippen LogP contribution in [0, 0.1) is 0 Å². The summed E-state index contributed by atoms with van der Waals surface area (Å²) in [6.07, 6.45) is 0. The minimum absolute atomic E-state index is 0.342. The van der Waals surface area contributed by atoms with E-state index in [1.54, 1.807) is 30.3 Å². The smallest absolute Gasteiger partial charge is 0.248 e. The average molecular weight is 288 g/mol. The number of hydrogen-bond donors (Lipinski definition) is 2. The Hall–Kier alpha value is -2.89. The molecule has 2 aromatic rings. The van der Waals surface area contributed by atoms with E-state index in [2.05, 4.69) is 0 Å². The second-order valence-electron chi connectivity index (χ2n) is 4.24. The molecular formula is C15H16N2O4. The summed E-state index contributed by atoms with van der Waals surface area (Å²) in [5.41, 5.74) is 11.8. The van der Waals surface area contributed by atoms with Crippen molar-refractivity contribution in [2.24, 2.45) is 5.73 Å². The summed E-state index contributed by atoms with van der Waals surface area (Å²) < 4.78 is 16.1. The molecule has 0 aliphatic heterocycles. The summed E-state index contributed by atoms with van der Waals surface area (Å²) in [7, 11) is 3.01. The number of nitrogens with two attached hydrogens (primary N) is 2. The lowest BCUT2D eigenvalue weighted by Crippen LogP contribution is -2.10. The minimum atomic E-state index is -0.533. The molecule has 0 aliphatic rings. The van der Waals surface area contributed by atoms with Gasteiger partial charge in [0.2, 0.25) is 5.91 Å². The second-order valence-corrected chi connectivity index (χ2v) is 4.24. The van der Waals surface area contributed by atoms with Crippen LogP contribution in [-0.4, -0.2) is 20.1 Å². The zero-order chi connectivity index (χ0) is 15.4. The summed E-state index contributed by atoms with van der Waals surface area (Å²) in [5, 5.41) is 0. The van der Waals surface area contributed by atoms with Crippen molar-refractivity contribution in [3.63, 3.8) is 0 Å². The van der Waals surface area contributed by atoms with Gasteiger partial charge in [0.05, 0.1) is 19.9 Å². The number of carbonyl (C=O) groups is 1. The van der Waals surface area contributed by atoms with E-state index in [-0.39, 0.29) is 0 Å². The maximum atomic E-state index is 11.2. The summed E-state index contributed by atoms with van der Waals surface area (Å²) >= 11 is 0. The summed E-state index contributed by atoms with van der Waals surface area (Å²) in [4.78, 5) is 11.2. The number of primary amides is 1. The molecule has 0 saturated heterocycles. The van der Waals surface area contributed by atoms with Crippen LogP contribution in [0.1, 0.15) is 10.4 Å². The van der Waals surface area contributed by atoms with E-state index in [0.717, 1.165) is 0 Å². The van der Waals surface area contributed by atoms with Gasteiger partial charge in [-0.05, 0) is 30.3 Å². The van der Waals surface area contributed by atoms with Crippen LogP contribution >= 0.6 is 0 Å². The predicted molar refractivity (Wildman–Crippen MR) is 79.0 cm³/mol. The number of amides is 1. The maximum Gasteiger partial charge on any atom is 0.248 e. The first-order valence-electron chi connectivity index (χ1n) is 6.14. The Kier molecular flexibility index (Phi) is 4.18. The number of hydrogen-bond acceptors (Lipinski definition) is 5. The van der Waals surface area contributed by atoms with Gasteiger partial charge >= 0.3 is 0 Å². The number of ether oxygens (including phenoxy) is 3. The highest BCUT2D eigenvalue weighted by atomic mass is 16.5. The Morgan fingerprint density at radius 1 is 0.952 bits per heavy atom. The molecule has 0 radical (unpaired) electrons. The van der Waals surface area contributed by atoms with Gasteiger partial charge in [-0.3, -0.25) is 4.79 Å². The molecular weight excluding hydrogens is 272 g/mol. The third-order valence-electron chi connectivity index (χ3n) is 2.88. The zero-order valence-corrected chi connectivity index (χ0v) is 11.8. The predicted octanol–water partition coefficient (Wildman–Crippen LogP) is 2.18. The van der Waals surface area contributed by atoms with Crippen LogP contribution in [0.5, 0.6) is 23.0 Å². The van der Waals surface area contributed by atoms with E-state index in [9.17, 15) is 4.79 Å². The first-order valence-corrected chi connectivity index (χ1v) is 6.14. The van der Waals surface area contributed by atoms with Gasteiger partial charge in [-0.25, -0.2) is 0 Å². The molecule has 2 rings (SSSR count). The fraction of sp³-hybridized carbons (Fsp3) is 0.133. The molecule has 6 nitrogen and oxygen atoms in total. The van der Waals surface area contributed by atoms with E-state index in [4.69, 9.17) is 25.7 Å². The first-order chi connectivity index (χ1) is 10.0. The van der Waals surface area contributed by atoms with E-state index in [1.807, 2.05) is 0 Å². The Balaban J connectivity index is 2.33. The van der Waals surface area contributed by atoms with E-state index < -0.39 is 5.91 Å². The highest BCUT2D eigenvalue weighted by Crippen LogP contribution is 2.35. The number of methoxy groups -OCH3 is 2. The van der Waals surface area contributed by atoms with Crippen LogP contribution in [-0.2, 0) is 0 Å². The molecule has 0 spiro atoms. The van der Waals surface area contributed by atoms with Crippen LogP contribution in [0.25, 0.3) is 0 Å². The van der Waals surface area contributed by atoms with Crippen LogP contribution in [0.4, 0.5) is 5.69 Å². The largest absolute Gasteiger partial charge is 0.494 e. The molecule has 0 unspecified atom stereocenters. The summed E-state index contributed by atoms with van der Waals surface area (Å²) in [6.45, 7) is 0. The molecule has 0 fully saturated rings. The van der Waals surface area contributed by atoms with Crippen LogP contribution in [0.3, 0.4) is 0 Å². The van der Waals surface area contributed by atoms with E-state index >= 15 is 0 Å². The molecule has 0 atom stereocenters. The lowest BCUT2D eigenvalue weighted by Gasteiger charge is -2.12. The second kappa shape index (κ2) is 6.04. The van der Waals surface area contributed by atoms with Crippen molar-refractivity contribution in [3.05, 3.63) is 42.0 Å². The number of carbonyl (C=O) groups excluding carboxylic acids is 1. The molecule has 2 aromatic carbocycles.